The molecular weight excluding hydrogens is 192 g/mol. The van der Waals surface area contributed by atoms with Gasteiger partial charge in [-0.3, -0.25) is 0 Å². The number of hydrogen-bond donors (Lipinski definition) is 0. The highest BCUT2D eigenvalue weighted by molar-refractivity contribution is 4.96. The van der Waals surface area contributed by atoms with Crippen LogP contribution in [0.25, 0.3) is 0 Å². The quantitative estimate of drug-likeness (QED) is 0.583. The molecule has 0 aliphatic carbocycles. The third-order valence-corrected chi connectivity index (χ3v) is 4.94. The Morgan fingerprint density at radius 2 is 0.938 bits per heavy atom. The van der Waals surface area contributed by atoms with E-state index in [9.17, 15) is 0 Å². The van der Waals surface area contributed by atoms with Gasteiger partial charge in [0.1, 0.15) is 0 Å². The zero-order valence-electron chi connectivity index (χ0n) is 13.3. The lowest BCUT2D eigenvalue weighted by Gasteiger charge is -2.54. The minimum atomic E-state index is 0.361. The Hall–Kier alpha value is 0. The lowest BCUT2D eigenvalue weighted by Crippen LogP contribution is -2.48. The summed E-state index contributed by atoms with van der Waals surface area (Å²) < 4.78 is 0. The summed E-state index contributed by atoms with van der Waals surface area (Å²) in [5, 5.41) is 0. The third kappa shape index (κ3) is 2.81. The van der Waals surface area contributed by atoms with Crippen LogP contribution in [0.1, 0.15) is 69.2 Å². The fourth-order valence-electron chi connectivity index (χ4n) is 3.91. The van der Waals surface area contributed by atoms with Gasteiger partial charge in [-0.25, -0.2) is 0 Å². The smallest absolute Gasteiger partial charge is 0.0221 e. The molecule has 0 heteroatoms. The van der Waals surface area contributed by atoms with E-state index in [-0.39, 0.29) is 0 Å². The molecule has 0 aromatic carbocycles. The molecule has 0 bridgehead atoms. The molecule has 0 aliphatic heterocycles. The Morgan fingerprint density at radius 1 is 0.625 bits per heavy atom. The standard InChI is InChI=1S/C16H34/c1-11(2)14(12(3)4)16(10,13(5)6)15(7,8)9/h11-14H,1-10H3. The molecule has 0 radical (unpaired) electrons. The maximum Gasteiger partial charge on any atom is -0.0221 e. The molecule has 98 valence electrons. The summed E-state index contributed by atoms with van der Waals surface area (Å²) in [6, 6.07) is 0. The first kappa shape index (κ1) is 16.0. The highest BCUT2D eigenvalue weighted by Gasteiger charge is 2.48. The lowest BCUT2D eigenvalue weighted by molar-refractivity contribution is -0.0562. The van der Waals surface area contributed by atoms with Gasteiger partial charge in [0.25, 0.3) is 0 Å². The van der Waals surface area contributed by atoms with Gasteiger partial charge in [-0.15, -0.1) is 0 Å². The number of rotatable bonds is 4. The van der Waals surface area contributed by atoms with Crippen LogP contribution in [0.3, 0.4) is 0 Å². The Morgan fingerprint density at radius 3 is 1.00 bits per heavy atom. The summed E-state index contributed by atoms with van der Waals surface area (Å²) in [4.78, 5) is 0. The van der Waals surface area contributed by atoms with Gasteiger partial charge in [0, 0.05) is 0 Å². The van der Waals surface area contributed by atoms with Crippen LogP contribution in [0.5, 0.6) is 0 Å². The van der Waals surface area contributed by atoms with Gasteiger partial charge in [-0.05, 0) is 34.5 Å². The van der Waals surface area contributed by atoms with E-state index in [1.165, 1.54) is 0 Å². The summed E-state index contributed by atoms with van der Waals surface area (Å²) >= 11 is 0. The van der Waals surface area contributed by atoms with Crippen LogP contribution >= 0.6 is 0 Å². The SMILES string of the molecule is CC(C)C(C(C)C)C(C)(C(C)C)C(C)(C)C. The van der Waals surface area contributed by atoms with Crippen LogP contribution in [0.4, 0.5) is 0 Å². The fourth-order valence-corrected chi connectivity index (χ4v) is 3.91. The van der Waals surface area contributed by atoms with E-state index in [2.05, 4.69) is 69.2 Å². The molecule has 0 N–H and O–H groups in total. The summed E-state index contributed by atoms with van der Waals surface area (Å²) in [6.45, 7) is 24.1. The summed E-state index contributed by atoms with van der Waals surface area (Å²) in [5.41, 5.74) is 0.760. The first-order valence-electron chi connectivity index (χ1n) is 6.96. The number of hydrogen-bond acceptors (Lipinski definition) is 0. The molecular formula is C16H34. The molecule has 0 aliphatic rings. The Kier molecular flexibility index (Phi) is 5.10. The van der Waals surface area contributed by atoms with Gasteiger partial charge >= 0.3 is 0 Å². The van der Waals surface area contributed by atoms with Crippen LogP contribution in [-0.2, 0) is 0 Å². The molecule has 16 heavy (non-hydrogen) atoms. The summed E-state index contributed by atoms with van der Waals surface area (Å²) in [5.74, 6) is 3.02. The van der Waals surface area contributed by atoms with Crippen molar-refractivity contribution in [3.8, 4) is 0 Å². The highest BCUT2D eigenvalue weighted by atomic mass is 14.5. The molecule has 0 spiro atoms. The van der Waals surface area contributed by atoms with E-state index in [0.29, 0.717) is 10.8 Å². The molecule has 0 nitrogen and oxygen atoms in total. The zero-order chi connectivity index (χ0) is 13.3. The summed E-state index contributed by atoms with van der Waals surface area (Å²) in [7, 11) is 0. The molecule has 1 unspecified atom stereocenters. The molecule has 0 aromatic heterocycles. The van der Waals surface area contributed by atoms with Crippen molar-refractivity contribution in [3.63, 3.8) is 0 Å². The average molecular weight is 226 g/mol. The van der Waals surface area contributed by atoms with Crippen molar-refractivity contribution in [2.75, 3.05) is 0 Å². The largest absolute Gasteiger partial charge is 0.0625 e. The second kappa shape index (κ2) is 5.10. The zero-order valence-corrected chi connectivity index (χ0v) is 13.3. The van der Waals surface area contributed by atoms with Crippen molar-refractivity contribution in [2.24, 2.45) is 34.5 Å². The van der Waals surface area contributed by atoms with Crippen LogP contribution in [0, 0.1) is 34.5 Å². The second-order valence-corrected chi connectivity index (χ2v) is 7.70. The highest BCUT2D eigenvalue weighted by Crippen LogP contribution is 2.54. The third-order valence-electron chi connectivity index (χ3n) is 4.94. The maximum atomic E-state index is 2.50. The Balaban J connectivity index is 5.49. The van der Waals surface area contributed by atoms with Gasteiger partial charge in [-0.1, -0.05) is 69.2 Å². The molecule has 0 saturated carbocycles. The topological polar surface area (TPSA) is 0 Å². The van der Waals surface area contributed by atoms with Gasteiger partial charge in [0.15, 0.2) is 0 Å². The summed E-state index contributed by atoms with van der Waals surface area (Å²) in [6.07, 6.45) is 0. The molecule has 1 atom stereocenters. The molecule has 0 heterocycles. The van der Waals surface area contributed by atoms with Crippen molar-refractivity contribution >= 4 is 0 Å². The van der Waals surface area contributed by atoms with E-state index >= 15 is 0 Å². The lowest BCUT2D eigenvalue weighted by atomic mass is 9.51. The maximum absolute atomic E-state index is 2.50. The van der Waals surface area contributed by atoms with E-state index < -0.39 is 0 Å². The first-order chi connectivity index (χ1) is 6.96. The van der Waals surface area contributed by atoms with Crippen molar-refractivity contribution in [1.82, 2.24) is 0 Å². The molecule has 0 saturated heterocycles. The minimum Gasteiger partial charge on any atom is -0.0625 e. The monoisotopic (exact) mass is 226 g/mol. The van der Waals surface area contributed by atoms with Crippen LogP contribution < -0.4 is 0 Å². The van der Waals surface area contributed by atoms with E-state index in [1.54, 1.807) is 0 Å². The van der Waals surface area contributed by atoms with Crippen LogP contribution in [-0.4, -0.2) is 0 Å². The molecule has 0 fully saturated rings. The van der Waals surface area contributed by atoms with Crippen LogP contribution in [0.2, 0.25) is 0 Å². The van der Waals surface area contributed by atoms with Gasteiger partial charge in [-0.2, -0.15) is 0 Å². The normalized spacial score (nSPS) is 17.6. The molecule has 0 amide bonds. The van der Waals surface area contributed by atoms with Crippen molar-refractivity contribution in [3.05, 3.63) is 0 Å². The molecule has 0 rings (SSSR count). The van der Waals surface area contributed by atoms with E-state index in [4.69, 9.17) is 0 Å². The first-order valence-corrected chi connectivity index (χ1v) is 6.96. The second-order valence-electron chi connectivity index (χ2n) is 7.70. The fraction of sp³-hybridized carbons (Fsp3) is 1.00. The Bertz CT molecular complexity index is 197. The van der Waals surface area contributed by atoms with Gasteiger partial charge < -0.3 is 0 Å². The predicted octanol–water partition coefficient (Wildman–Crippen LogP) is 5.62. The van der Waals surface area contributed by atoms with Crippen molar-refractivity contribution in [1.29, 1.82) is 0 Å². The minimum absolute atomic E-state index is 0.361. The van der Waals surface area contributed by atoms with Gasteiger partial charge in [0.05, 0.1) is 0 Å². The van der Waals surface area contributed by atoms with Crippen molar-refractivity contribution < 1.29 is 0 Å². The Labute approximate surface area is 104 Å². The molecule has 0 aromatic rings. The van der Waals surface area contributed by atoms with E-state index in [0.717, 1.165) is 23.7 Å². The predicted molar refractivity (Wildman–Crippen MR) is 75.6 cm³/mol. The van der Waals surface area contributed by atoms with E-state index in [1.807, 2.05) is 0 Å². The van der Waals surface area contributed by atoms with Gasteiger partial charge in [0.2, 0.25) is 0 Å². The van der Waals surface area contributed by atoms with Crippen LogP contribution in [0.15, 0.2) is 0 Å². The van der Waals surface area contributed by atoms with Crippen molar-refractivity contribution in [2.45, 2.75) is 69.2 Å². The average Bonchev–Trinajstić information content (AvgIpc) is 1.99.